The Morgan fingerprint density at radius 2 is 2.03 bits per heavy atom. The topological polar surface area (TPSA) is 117 Å². The minimum Gasteiger partial charge on any atom is -0.358 e. The van der Waals surface area contributed by atoms with Crippen LogP contribution in [-0.4, -0.2) is 39.3 Å². The highest BCUT2D eigenvalue weighted by Gasteiger charge is 2.19. The van der Waals surface area contributed by atoms with E-state index >= 15 is 0 Å². The van der Waals surface area contributed by atoms with E-state index in [0.717, 1.165) is 48.5 Å². The molecule has 0 saturated heterocycles. The molecule has 5 heterocycles. The Balaban J connectivity index is 1.42. The molecule has 0 radical (unpaired) electrons. The molecule has 0 atom stereocenters. The zero-order valence-electron chi connectivity index (χ0n) is 17.9. The highest BCUT2D eigenvalue weighted by Crippen LogP contribution is 2.36. The molecule has 0 fully saturated rings. The number of thiophene rings is 1. The van der Waals surface area contributed by atoms with E-state index in [-0.39, 0.29) is 5.82 Å². The van der Waals surface area contributed by atoms with E-state index in [1.165, 1.54) is 4.68 Å². The third kappa shape index (κ3) is 3.33. The van der Waals surface area contributed by atoms with Gasteiger partial charge in [-0.3, -0.25) is 0 Å². The van der Waals surface area contributed by atoms with Gasteiger partial charge in [0.15, 0.2) is 11.5 Å². The van der Waals surface area contributed by atoms with Crippen LogP contribution in [0, 0.1) is 24.0 Å². The van der Waals surface area contributed by atoms with Gasteiger partial charge in [-0.2, -0.15) is 4.68 Å². The molecule has 0 saturated carbocycles. The maximum atomic E-state index is 11.1. The van der Waals surface area contributed by atoms with Gasteiger partial charge in [0, 0.05) is 16.6 Å². The Bertz CT molecular complexity index is 1770. The number of rotatable bonds is 4. The summed E-state index contributed by atoms with van der Waals surface area (Å²) in [6.07, 6.45) is 3.28. The first-order valence-corrected chi connectivity index (χ1v) is 11.9. The molecule has 34 heavy (non-hydrogen) atoms. The van der Waals surface area contributed by atoms with Crippen molar-refractivity contribution < 1.29 is 4.92 Å². The predicted octanol–water partition coefficient (Wildman–Crippen LogP) is 5.09. The van der Waals surface area contributed by atoms with E-state index in [1.807, 2.05) is 31.2 Å². The van der Waals surface area contributed by atoms with E-state index < -0.39 is 4.92 Å². The van der Waals surface area contributed by atoms with Gasteiger partial charge in [-0.05, 0) is 58.0 Å². The average Bonchev–Trinajstić information content (AvgIpc) is 3.47. The van der Waals surface area contributed by atoms with Crippen LogP contribution in [0.1, 0.15) is 16.8 Å². The van der Waals surface area contributed by atoms with Crippen molar-refractivity contribution in [2.45, 2.75) is 20.4 Å². The number of hydrogen-bond acceptors (Lipinski definition) is 8. The minimum absolute atomic E-state index is 0.210. The maximum absolute atomic E-state index is 11.1. The monoisotopic (exact) mass is 534 g/mol. The number of nitro groups is 1. The van der Waals surface area contributed by atoms with Crippen molar-refractivity contribution in [1.82, 2.24) is 34.3 Å². The zero-order chi connectivity index (χ0) is 23.6. The SMILES string of the molecule is Cc1cc(C)c2c(n1)sc1c2ncn2nc(-c3cccc(Cn4cc(Br)c([N+](=O)[O-])n4)c3)nc12. The van der Waals surface area contributed by atoms with Crippen LogP contribution in [0.4, 0.5) is 5.82 Å². The third-order valence-electron chi connectivity index (χ3n) is 5.49. The first-order chi connectivity index (χ1) is 16.4. The van der Waals surface area contributed by atoms with Crippen LogP contribution in [0.2, 0.25) is 0 Å². The van der Waals surface area contributed by atoms with Crippen LogP contribution in [0.25, 0.3) is 37.5 Å². The van der Waals surface area contributed by atoms with Crippen LogP contribution in [0.15, 0.2) is 47.3 Å². The lowest BCUT2D eigenvalue weighted by atomic mass is 10.1. The first-order valence-electron chi connectivity index (χ1n) is 10.3. The summed E-state index contributed by atoms with van der Waals surface area (Å²) < 4.78 is 4.51. The number of nitrogens with zero attached hydrogens (tertiary/aromatic N) is 8. The third-order valence-corrected chi connectivity index (χ3v) is 7.12. The van der Waals surface area contributed by atoms with Gasteiger partial charge in [0.2, 0.25) is 0 Å². The van der Waals surface area contributed by atoms with Crippen molar-refractivity contribution in [3.05, 3.63) is 74.3 Å². The van der Waals surface area contributed by atoms with Crippen molar-refractivity contribution in [3.63, 3.8) is 0 Å². The van der Waals surface area contributed by atoms with E-state index in [1.54, 1.807) is 28.4 Å². The van der Waals surface area contributed by atoms with Gasteiger partial charge in [-0.1, -0.05) is 18.2 Å². The lowest BCUT2D eigenvalue weighted by molar-refractivity contribution is -0.390. The van der Waals surface area contributed by atoms with E-state index in [0.29, 0.717) is 16.8 Å². The summed E-state index contributed by atoms with van der Waals surface area (Å²) in [5.74, 6) is 0.361. The second-order valence-corrected chi connectivity index (χ2v) is 9.80. The van der Waals surface area contributed by atoms with Gasteiger partial charge < -0.3 is 10.1 Å². The maximum Gasteiger partial charge on any atom is 0.404 e. The Morgan fingerprint density at radius 3 is 2.82 bits per heavy atom. The molecule has 168 valence electrons. The molecule has 0 aliphatic heterocycles. The van der Waals surface area contributed by atoms with E-state index in [2.05, 4.69) is 49.1 Å². The smallest absolute Gasteiger partial charge is 0.358 e. The molecule has 0 aliphatic rings. The van der Waals surface area contributed by atoms with Crippen molar-refractivity contribution >= 4 is 59.2 Å². The van der Waals surface area contributed by atoms with Gasteiger partial charge in [0.1, 0.15) is 20.3 Å². The number of halogens is 1. The average molecular weight is 535 g/mol. The van der Waals surface area contributed by atoms with Crippen molar-refractivity contribution in [3.8, 4) is 11.4 Å². The van der Waals surface area contributed by atoms with Gasteiger partial charge >= 0.3 is 5.82 Å². The zero-order valence-corrected chi connectivity index (χ0v) is 20.3. The number of hydrogen-bond donors (Lipinski definition) is 0. The minimum atomic E-state index is -0.515. The van der Waals surface area contributed by atoms with Crippen molar-refractivity contribution in [2.75, 3.05) is 0 Å². The summed E-state index contributed by atoms with van der Waals surface area (Å²) in [7, 11) is 0. The largest absolute Gasteiger partial charge is 0.404 e. The van der Waals surface area contributed by atoms with Crippen LogP contribution in [-0.2, 0) is 6.54 Å². The molecule has 5 aromatic heterocycles. The molecular weight excluding hydrogens is 520 g/mol. The number of pyridine rings is 1. The van der Waals surface area contributed by atoms with Crippen LogP contribution in [0.5, 0.6) is 0 Å². The summed E-state index contributed by atoms with van der Waals surface area (Å²) in [4.78, 5) is 25.7. The normalized spacial score (nSPS) is 11.7. The molecule has 0 aliphatic carbocycles. The molecule has 0 spiro atoms. The quantitative estimate of drug-likeness (QED) is 0.228. The fourth-order valence-corrected chi connectivity index (χ4v) is 5.76. The molecule has 6 rings (SSSR count). The number of aromatic nitrogens is 7. The highest BCUT2D eigenvalue weighted by atomic mass is 79.9. The van der Waals surface area contributed by atoms with E-state index in [9.17, 15) is 10.1 Å². The molecule has 0 N–H and O–H groups in total. The lowest BCUT2D eigenvalue weighted by Crippen LogP contribution is -2.01. The Hall–Kier alpha value is -3.77. The van der Waals surface area contributed by atoms with Gasteiger partial charge in [0.05, 0.1) is 23.4 Å². The van der Waals surface area contributed by atoms with Gasteiger partial charge in [-0.25, -0.2) is 19.5 Å². The van der Waals surface area contributed by atoms with Crippen molar-refractivity contribution in [1.29, 1.82) is 0 Å². The summed E-state index contributed by atoms with van der Waals surface area (Å²) in [5, 5.41) is 20.8. The molecule has 0 amide bonds. The standard InChI is InChI=1S/C22H15BrN8O2S/c1-11-6-12(2)25-22-16(11)17-18(34-22)21-26-19(27-30(21)10-24-17)14-5-3-4-13(7-14)8-29-9-15(23)20(28-29)31(32)33/h3-7,9-10H,8H2,1-2H3. The first kappa shape index (κ1) is 20.8. The van der Waals surface area contributed by atoms with Gasteiger partial charge in [0.25, 0.3) is 0 Å². The Kier molecular flexibility index (Phi) is 4.67. The number of aryl methyl sites for hydroxylation is 2. The predicted molar refractivity (Wildman–Crippen MR) is 132 cm³/mol. The molecule has 10 nitrogen and oxygen atoms in total. The Labute approximate surface area is 204 Å². The lowest BCUT2D eigenvalue weighted by Gasteiger charge is -2.01. The number of fused-ring (bicyclic) bond motifs is 5. The van der Waals surface area contributed by atoms with Crippen LogP contribution >= 0.6 is 27.3 Å². The Morgan fingerprint density at radius 1 is 1.18 bits per heavy atom. The molecular formula is C22H15BrN8O2S. The van der Waals surface area contributed by atoms with E-state index in [4.69, 9.17) is 4.98 Å². The van der Waals surface area contributed by atoms with Gasteiger partial charge in [-0.15, -0.1) is 16.4 Å². The second-order valence-electron chi connectivity index (χ2n) is 7.94. The molecule has 12 heteroatoms. The molecule has 1 aromatic carbocycles. The fraction of sp³-hybridized carbons (Fsp3) is 0.136. The summed E-state index contributed by atoms with van der Waals surface area (Å²) in [5.41, 5.74) is 5.49. The molecule has 0 unspecified atom stereocenters. The number of benzene rings is 1. The summed E-state index contributed by atoms with van der Waals surface area (Å²) >= 11 is 4.76. The van der Waals surface area contributed by atoms with Crippen LogP contribution in [0.3, 0.4) is 0 Å². The summed E-state index contributed by atoms with van der Waals surface area (Å²) in [6.45, 7) is 4.44. The second kappa shape index (κ2) is 7.64. The fourth-order valence-electron chi connectivity index (χ4n) is 4.08. The molecule has 0 bridgehead atoms. The summed E-state index contributed by atoms with van der Waals surface area (Å²) in [6, 6.07) is 9.80. The van der Waals surface area contributed by atoms with Crippen LogP contribution < -0.4 is 0 Å². The highest BCUT2D eigenvalue weighted by molar-refractivity contribution is 9.10. The molecule has 6 aromatic rings. The van der Waals surface area contributed by atoms with Crippen molar-refractivity contribution in [2.24, 2.45) is 0 Å².